The third-order valence-corrected chi connectivity index (χ3v) is 4.62. The minimum absolute atomic E-state index is 0.245. The molecule has 27 heavy (non-hydrogen) atoms. The van der Waals surface area contributed by atoms with Crippen LogP contribution in [0.15, 0.2) is 36.4 Å². The molecule has 1 atom stereocenters. The molecule has 1 fully saturated rings. The lowest BCUT2D eigenvalue weighted by Gasteiger charge is -2.38. The standard InChI is InChI=1S/C20H24ClN3O3/c1-20(2,3)27-19(26)23-12-6-8-15(13-23)24(18(21)25)17-11-10-14-7-4-5-9-16(14)22-17/h4-5,7,9-11,15H,6,8,12-13H2,1-3H3/t15-/m1/s1. The molecular weight excluding hydrogens is 366 g/mol. The number of amides is 2. The number of aromatic nitrogens is 1. The first-order valence-corrected chi connectivity index (χ1v) is 9.45. The Morgan fingerprint density at radius 2 is 1.96 bits per heavy atom. The van der Waals surface area contributed by atoms with Gasteiger partial charge in [-0.25, -0.2) is 9.78 Å². The van der Waals surface area contributed by atoms with Gasteiger partial charge in [-0.1, -0.05) is 18.2 Å². The highest BCUT2D eigenvalue weighted by Crippen LogP contribution is 2.26. The van der Waals surface area contributed by atoms with Gasteiger partial charge in [-0.2, -0.15) is 0 Å². The Balaban J connectivity index is 1.83. The predicted molar refractivity (Wildman–Crippen MR) is 106 cm³/mol. The van der Waals surface area contributed by atoms with Crippen LogP contribution in [0, 0.1) is 0 Å². The van der Waals surface area contributed by atoms with E-state index in [1.54, 1.807) is 11.0 Å². The number of carbonyl (C=O) groups is 2. The van der Waals surface area contributed by atoms with Gasteiger partial charge < -0.3 is 9.64 Å². The second-order valence-electron chi connectivity index (χ2n) is 7.71. The first-order chi connectivity index (χ1) is 12.7. The third kappa shape index (κ3) is 4.69. The summed E-state index contributed by atoms with van der Waals surface area (Å²) in [4.78, 5) is 32.3. The van der Waals surface area contributed by atoms with Gasteiger partial charge in [0, 0.05) is 18.5 Å². The molecule has 2 aromatic rings. The lowest BCUT2D eigenvalue weighted by molar-refractivity contribution is 0.0200. The van der Waals surface area contributed by atoms with E-state index in [0.29, 0.717) is 18.9 Å². The highest BCUT2D eigenvalue weighted by Gasteiger charge is 2.33. The Kier molecular flexibility index (Phi) is 5.56. The minimum atomic E-state index is -0.603. The van der Waals surface area contributed by atoms with Gasteiger partial charge in [0.15, 0.2) is 0 Å². The van der Waals surface area contributed by atoms with Crippen LogP contribution in [0.5, 0.6) is 0 Å². The quantitative estimate of drug-likeness (QED) is 0.546. The van der Waals surface area contributed by atoms with Gasteiger partial charge in [-0.3, -0.25) is 9.69 Å². The lowest BCUT2D eigenvalue weighted by atomic mass is 10.0. The number of rotatable bonds is 2. The van der Waals surface area contributed by atoms with Crippen LogP contribution in [0.25, 0.3) is 10.9 Å². The highest BCUT2D eigenvalue weighted by molar-refractivity contribution is 6.66. The SMILES string of the molecule is CC(C)(C)OC(=O)N1CCC[C@@H](N(C(=O)Cl)c2ccc3ccccc3n2)C1. The number of anilines is 1. The number of halogens is 1. The lowest BCUT2D eigenvalue weighted by Crippen LogP contribution is -2.52. The summed E-state index contributed by atoms with van der Waals surface area (Å²) >= 11 is 5.91. The zero-order valence-corrected chi connectivity index (χ0v) is 16.6. The van der Waals surface area contributed by atoms with Crippen LogP contribution < -0.4 is 4.90 Å². The third-order valence-electron chi connectivity index (χ3n) is 4.43. The molecule has 1 saturated heterocycles. The number of nitrogens with zero attached hydrogens (tertiary/aromatic N) is 3. The largest absolute Gasteiger partial charge is 0.444 e. The van der Waals surface area contributed by atoms with Crippen LogP contribution in [0.3, 0.4) is 0 Å². The maximum Gasteiger partial charge on any atom is 0.410 e. The Morgan fingerprint density at radius 1 is 1.22 bits per heavy atom. The van der Waals surface area contributed by atoms with Crippen molar-refractivity contribution in [3.63, 3.8) is 0 Å². The molecule has 2 amide bonds. The molecule has 0 aliphatic carbocycles. The summed E-state index contributed by atoms with van der Waals surface area (Å²) in [5.41, 5.74) is 0.226. The smallest absolute Gasteiger partial charge is 0.410 e. The summed E-state index contributed by atoms with van der Waals surface area (Å²) in [7, 11) is 0. The van der Waals surface area contributed by atoms with Gasteiger partial charge in [0.2, 0.25) is 0 Å². The minimum Gasteiger partial charge on any atom is -0.444 e. The average Bonchev–Trinajstić information content (AvgIpc) is 2.60. The Bertz CT molecular complexity index is 850. The number of likely N-dealkylation sites (tertiary alicyclic amines) is 1. The molecule has 0 spiro atoms. The Morgan fingerprint density at radius 3 is 2.67 bits per heavy atom. The Labute approximate surface area is 164 Å². The number of benzene rings is 1. The van der Waals surface area contributed by atoms with E-state index in [-0.39, 0.29) is 12.1 Å². The van der Waals surface area contributed by atoms with Crippen molar-refractivity contribution in [3.05, 3.63) is 36.4 Å². The number of piperidine rings is 1. The highest BCUT2D eigenvalue weighted by atomic mass is 35.5. The topological polar surface area (TPSA) is 62.7 Å². The van der Waals surface area contributed by atoms with Crippen molar-refractivity contribution >= 4 is 39.8 Å². The summed E-state index contributed by atoms with van der Waals surface area (Å²) in [5.74, 6) is 0.490. The zero-order chi connectivity index (χ0) is 19.6. The molecule has 7 heteroatoms. The summed E-state index contributed by atoms with van der Waals surface area (Å²) in [6.45, 7) is 6.46. The number of hydrogen-bond donors (Lipinski definition) is 0. The van der Waals surface area contributed by atoms with Crippen molar-refractivity contribution in [2.24, 2.45) is 0 Å². The molecule has 144 valence electrons. The van der Waals surface area contributed by atoms with Crippen molar-refractivity contribution in [1.29, 1.82) is 0 Å². The van der Waals surface area contributed by atoms with E-state index in [9.17, 15) is 9.59 Å². The molecule has 1 aromatic carbocycles. The number of pyridine rings is 1. The number of carbonyl (C=O) groups excluding carboxylic acids is 2. The van der Waals surface area contributed by atoms with E-state index in [0.717, 1.165) is 23.7 Å². The maximum absolute atomic E-state index is 12.4. The molecule has 0 N–H and O–H groups in total. The fourth-order valence-corrected chi connectivity index (χ4v) is 3.49. The van der Waals surface area contributed by atoms with Gasteiger partial charge in [0.05, 0.1) is 11.6 Å². The van der Waals surface area contributed by atoms with E-state index in [1.165, 1.54) is 4.90 Å². The maximum atomic E-state index is 12.4. The number of hydrogen-bond acceptors (Lipinski definition) is 4. The molecule has 0 unspecified atom stereocenters. The normalized spacial score (nSPS) is 17.6. The number of fused-ring (bicyclic) bond motifs is 1. The predicted octanol–water partition coefficient (Wildman–Crippen LogP) is 4.80. The van der Waals surface area contributed by atoms with Crippen molar-refractivity contribution < 1.29 is 14.3 Å². The zero-order valence-electron chi connectivity index (χ0n) is 15.8. The molecular formula is C20H24ClN3O3. The van der Waals surface area contributed by atoms with Gasteiger partial charge in [-0.05, 0) is 63.4 Å². The summed E-state index contributed by atoms with van der Waals surface area (Å²) in [5, 5.41) is 0.385. The monoisotopic (exact) mass is 389 g/mol. The van der Waals surface area contributed by atoms with Crippen LogP contribution in [0.1, 0.15) is 33.6 Å². The molecule has 2 heterocycles. The summed E-state index contributed by atoms with van der Waals surface area (Å²) in [6, 6.07) is 11.1. The van der Waals surface area contributed by atoms with Crippen molar-refractivity contribution in [2.45, 2.75) is 45.3 Å². The van der Waals surface area contributed by atoms with Gasteiger partial charge in [0.25, 0.3) is 0 Å². The second kappa shape index (κ2) is 7.72. The van der Waals surface area contributed by atoms with Crippen LogP contribution in [0.4, 0.5) is 15.4 Å². The molecule has 1 aliphatic rings. The average molecular weight is 390 g/mol. The van der Waals surface area contributed by atoms with Crippen molar-refractivity contribution in [1.82, 2.24) is 9.88 Å². The Hall–Kier alpha value is -2.34. The van der Waals surface area contributed by atoms with Crippen LogP contribution >= 0.6 is 11.6 Å². The van der Waals surface area contributed by atoms with E-state index in [2.05, 4.69) is 4.98 Å². The molecule has 1 aliphatic heterocycles. The number of ether oxygens (including phenoxy) is 1. The molecule has 0 bridgehead atoms. The van der Waals surface area contributed by atoms with Crippen molar-refractivity contribution in [2.75, 3.05) is 18.0 Å². The van der Waals surface area contributed by atoms with Gasteiger partial charge in [0.1, 0.15) is 11.4 Å². The van der Waals surface area contributed by atoms with Gasteiger partial charge >= 0.3 is 11.5 Å². The van der Waals surface area contributed by atoms with Crippen LogP contribution in [-0.2, 0) is 4.74 Å². The fraction of sp³-hybridized carbons (Fsp3) is 0.450. The molecule has 0 saturated carbocycles. The first-order valence-electron chi connectivity index (χ1n) is 9.07. The molecule has 1 aromatic heterocycles. The van der Waals surface area contributed by atoms with E-state index < -0.39 is 11.0 Å². The molecule has 0 radical (unpaired) electrons. The first kappa shape index (κ1) is 19.4. The van der Waals surface area contributed by atoms with Crippen LogP contribution in [0.2, 0.25) is 0 Å². The van der Waals surface area contributed by atoms with Gasteiger partial charge in [-0.15, -0.1) is 0 Å². The molecule has 3 rings (SSSR count). The van der Waals surface area contributed by atoms with E-state index >= 15 is 0 Å². The van der Waals surface area contributed by atoms with Crippen molar-refractivity contribution in [3.8, 4) is 0 Å². The summed E-state index contributed by atoms with van der Waals surface area (Å²) < 4.78 is 5.46. The summed E-state index contributed by atoms with van der Waals surface area (Å²) in [6.07, 6.45) is 1.13. The van der Waals surface area contributed by atoms with Crippen LogP contribution in [-0.4, -0.2) is 46.1 Å². The second-order valence-corrected chi connectivity index (χ2v) is 8.03. The van der Waals surface area contributed by atoms with E-state index in [4.69, 9.17) is 16.3 Å². The molecule has 6 nitrogen and oxygen atoms in total. The van der Waals surface area contributed by atoms with E-state index in [1.807, 2.05) is 51.1 Å². The number of para-hydroxylation sites is 1. The fourth-order valence-electron chi connectivity index (χ4n) is 3.27.